The third-order valence-electron chi connectivity index (χ3n) is 1.37. The van der Waals surface area contributed by atoms with Crippen molar-refractivity contribution in [2.75, 3.05) is 6.54 Å². The summed E-state index contributed by atoms with van der Waals surface area (Å²) >= 11 is 0. The van der Waals surface area contributed by atoms with E-state index in [1.165, 1.54) is 13.8 Å². The van der Waals surface area contributed by atoms with Crippen molar-refractivity contribution in [3.63, 3.8) is 0 Å². The quantitative estimate of drug-likeness (QED) is 0.301. The van der Waals surface area contributed by atoms with Crippen LogP contribution in [0.5, 0.6) is 0 Å². The van der Waals surface area contributed by atoms with Crippen LogP contribution < -0.4 is 5.73 Å². The second kappa shape index (κ2) is 4.20. The lowest BCUT2D eigenvalue weighted by atomic mass is 10.3. The van der Waals surface area contributed by atoms with Gasteiger partial charge in [0.15, 0.2) is 0 Å². The van der Waals surface area contributed by atoms with E-state index in [1.54, 1.807) is 0 Å². The number of halogens is 3. The number of rotatable bonds is 2. The summed E-state index contributed by atoms with van der Waals surface area (Å²) in [4.78, 5) is 0.750. The van der Waals surface area contributed by atoms with Gasteiger partial charge >= 0.3 is 6.18 Å². The molecule has 0 atom stereocenters. The van der Waals surface area contributed by atoms with Crippen molar-refractivity contribution in [3.05, 3.63) is 0 Å². The molecular formula is C6H12F3N3O. The molecule has 78 valence electrons. The molecule has 0 aliphatic rings. The minimum absolute atomic E-state index is 0.475. The van der Waals surface area contributed by atoms with Gasteiger partial charge in [-0.2, -0.15) is 13.2 Å². The smallest absolute Gasteiger partial charge is 0.406 e. The molecule has 0 amide bonds. The zero-order valence-electron chi connectivity index (χ0n) is 7.34. The van der Waals surface area contributed by atoms with Gasteiger partial charge < -0.3 is 15.8 Å². The van der Waals surface area contributed by atoms with Crippen LogP contribution in [0.1, 0.15) is 13.8 Å². The molecule has 0 heterocycles. The average Bonchev–Trinajstić information content (AvgIpc) is 1.96. The van der Waals surface area contributed by atoms with Crippen LogP contribution in [0, 0.1) is 0 Å². The van der Waals surface area contributed by atoms with Gasteiger partial charge in [0.2, 0.25) is 5.96 Å². The predicted molar refractivity (Wildman–Crippen MR) is 41.3 cm³/mol. The number of alkyl halides is 3. The van der Waals surface area contributed by atoms with Gasteiger partial charge in [-0.25, -0.2) is 0 Å². The van der Waals surface area contributed by atoms with E-state index in [-0.39, 0.29) is 0 Å². The molecule has 0 saturated heterocycles. The monoisotopic (exact) mass is 199 g/mol. The molecule has 0 unspecified atom stereocenters. The summed E-state index contributed by atoms with van der Waals surface area (Å²) in [6.45, 7) is 1.81. The second-order valence-corrected chi connectivity index (χ2v) is 2.80. The first-order chi connectivity index (χ1) is 5.78. The molecule has 0 rings (SSSR count). The van der Waals surface area contributed by atoms with Crippen LogP contribution in [-0.2, 0) is 0 Å². The zero-order valence-corrected chi connectivity index (χ0v) is 7.34. The van der Waals surface area contributed by atoms with E-state index in [9.17, 15) is 13.2 Å². The standard InChI is InChI=1S/C6H12F3N3O/c1-4(2)12(5(10)11-13)3-6(7,8)9/h4,13H,3H2,1-2H3,(H2,10,11). The maximum absolute atomic E-state index is 11.9. The summed E-state index contributed by atoms with van der Waals surface area (Å²) in [6, 6.07) is -0.475. The second-order valence-electron chi connectivity index (χ2n) is 2.80. The van der Waals surface area contributed by atoms with Crippen molar-refractivity contribution in [2.24, 2.45) is 10.9 Å². The van der Waals surface area contributed by atoms with Crippen molar-refractivity contribution in [1.29, 1.82) is 0 Å². The number of hydrogen-bond acceptors (Lipinski definition) is 2. The highest BCUT2D eigenvalue weighted by molar-refractivity contribution is 5.77. The fraction of sp³-hybridized carbons (Fsp3) is 0.833. The minimum Gasteiger partial charge on any atom is -0.408 e. The molecule has 0 fully saturated rings. The number of nitrogens with two attached hydrogens (primary N) is 1. The van der Waals surface area contributed by atoms with Gasteiger partial charge in [-0.15, -0.1) is 0 Å². The molecule has 7 heteroatoms. The summed E-state index contributed by atoms with van der Waals surface area (Å²) in [5.41, 5.74) is 5.05. The third-order valence-corrected chi connectivity index (χ3v) is 1.37. The fourth-order valence-corrected chi connectivity index (χ4v) is 0.779. The van der Waals surface area contributed by atoms with E-state index in [4.69, 9.17) is 10.9 Å². The van der Waals surface area contributed by atoms with E-state index in [2.05, 4.69) is 5.16 Å². The van der Waals surface area contributed by atoms with Crippen molar-refractivity contribution in [1.82, 2.24) is 4.90 Å². The molecule has 4 nitrogen and oxygen atoms in total. The van der Waals surface area contributed by atoms with Gasteiger partial charge in [0.1, 0.15) is 6.54 Å². The van der Waals surface area contributed by atoms with E-state index < -0.39 is 24.7 Å². The van der Waals surface area contributed by atoms with E-state index >= 15 is 0 Å². The summed E-state index contributed by atoms with van der Waals surface area (Å²) < 4.78 is 35.8. The molecule has 0 aromatic heterocycles. The summed E-state index contributed by atoms with van der Waals surface area (Å²) in [6.07, 6.45) is -4.36. The Morgan fingerprint density at radius 2 is 2.00 bits per heavy atom. The zero-order chi connectivity index (χ0) is 10.6. The first-order valence-corrected chi connectivity index (χ1v) is 3.59. The van der Waals surface area contributed by atoms with Crippen molar-refractivity contribution >= 4 is 5.96 Å². The average molecular weight is 199 g/mol. The Hall–Kier alpha value is -1.14. The van der Waals surface area contributed by atoms with Crippen LogP contribution in [0.3, 0.4) is 0 Å². The lowest BCUT2D eigenvalue weighted by Gasteiger charge is -2.27. The Morgan fingerprint density at radius 3 is 2.23 bits per heavy atom. The van der Waals surface area contributed by atoms with Crippen LogP contribution in [0.2, 0.25) is 0 Å². The van der Waals surface area contributed by atoms with Crippen molar-refractivity contribution in [3.8, 4) is 0 Å². The van der Waals surface area contributed by atoms with Crippen LogP contribution in [-0.4, -0.2) is 34.8 Å². The van der Waals surface area contributed by atoms with Gasteiger partial charge in [-0.1, -0.05) is 5.16 Å². The van der Waals surface area contributed by atoms with Gasteiger partial charge in [-0.05, 0) is 13.8 Å². The molecule has 0 spiro atoms. The molecule has 0 aliphatic heterocycles. The van der Waals surface area contributed by atoms with E-state index in [0.717, 1.165) is 4.90 Å². The molecule has 0 aromatic rings. The van der Waals surface area contributed by atoms with Crippen molar-refractivity contribution < 1.29 is 18.4 Å². The molecule has 0 bridgehead atoms. The molecule has 0 saturated carbocycles. The maximum atomic E-state index is 11.9. The maximum Gasteiger partial charge on any atom is 0.406 e. The molecule has 0 radical (unpaired) electrons. The Kier molecular flexibility index (Phi) is 3.83. The van der Waals surface area contributed by atoms with Gasteiger partial charge in [0.25, 0.3) is 0 Å². The SMILES string of the molecule is CC(C)N(CC(F)(F)F)C(N)=NO. The molecule has 3 N–H and O–H groups in total. The first-order valence-electron chi connectivity index (χ1n) is 3.59. The largest absolute Gasteiger partial charge is 0.408 e. The fourth-order valence-electron chi connectivity index (χ4n) is 0.779. The van der Waals surface area contributed by atoms with E-state index in [0.29, 0.717) is 0 Å². The van der Waals surface area contributed by atoms with Crippen LogP contribution in [0.4, 0.5) is 13.2 Å². The highest BCUT2D eigenvalue weighted by atomic mass is 19.4. The number of oxime groups is 1. The van der Waals surface area contributed by atoms with E-state index in [1.807, 2.05) is 0 Å². The molecular weight excluding hydrogens is 187 g/mol. The topological polar surface area (TPSA) is 61.8 Å². The van der Waals surface area contributed by atoms with Crippen LogP contribution in [0.15, 0.2) is 5.16 Å². The predicted octanol–water partition coefficient (Wildman–Crippen LogP) is 0.963. The molecule has 13 heavy (non-hydrogen) atoms. The lowest BCUT2D eigenvalue weighted by Crippen LogP contribution is -2.47. The summed E-state index contributed by atoms with van der Waals surface area (Å²) in [5, 5.41) is 10.7. The molecule has 0 aromatic carbocycles. The Bertz CT molecular complexity index is 190. The van der Waals surface area contributed by atoms with Gasteiger partial charge in [0.05, 0.1) is 0 Å². The lowest BCUT2D eigenvalue weighted by molar-refractivity contribution is -0.140. The number of guanidine groups is 1. The Labute approximate surface area is 73.8 Å². The van der Waals surface area contributed by atoms with Crippen molar-refractivity contribution in [2.45, 2.75) is 26.1 Å². The van der Waals surface area contributed by atoms with Crippen LogP contribution in [0.25, 0.3) is 0 Å². The summed E-state index contributed by atoms with van der Waals surface area (Å²) in [7, 11) is 0. The normalized spacial score (nSPS) is 13.5. The van der Waals surface area contributed by atoms with Gasteiger partial charge in [0, 0.05) is 6.04 Å². The van der Waals surface area contributed by atoms with Gasteiger partial charge in [-0.3, -0.25) is 0 Å². The third kappa shape index (κ3) is 4.44. The Morgan fingerprint density at radius 1 is 1.54 bits per heavy atom. The summed E-state index contributed by atoms with van der Waals surface area (Å²) in [5.74, 6) is -0.535. The highest BCUT2D eigenvalue weighted by Gasteiger charge is 2.32. The number of hydrogen-bond donors (Lipinski definition) is 2. The first kappa shape index (κ1) is 11.9. The molecule has 0 aliphatic carbocycles. The highest BCUT2D eigenvalue weighted by Crippen LogP contribution is 2.17. The minimum atomic E-state index is -4.36. The Balaban J connectivity index is 4.46. The number of nitrogens with zero attached hydrogens (tertiary/aromatic N) is 2. The van der Waals surface area contributed by atoms with Crippen LogP contribution >= 0.6 is 0 Å².